The van der Waals surface area contributed by atoms with E-state index in [1.165, 1.54) is 6.20 Å². The first kappa shape index (κ1) is 23.5. The van der Waals surface area contributed by atoms with Crippen LogP contribution < -0.4 is 10.2 Å². The first-order chi connectivity index (χ1) is 15.5. The van der Waals surface area contributed by atoms with E-state index in [0.29, 0.717) is 24.0 Å². The van der Waals surface area contributed by atoms with Gasteiger partial charge in [-0.2, -0.15) is 5.26 Å². The maximum Gasteiger partial charge on any atom is 0.304 e. The van der Waals surface area contributed by atoms with Crippen LogP contribution in [0.1, 0.15) is 43.2 Å². The fraction of sp³-hybridized carbons (Fsp3) is 0.458. The molecule has 1 fully saturated rings. The van der Waals surface area contributed by atoms with E-state index in [4.69, 9.17) is 14.7 Å². The lowest BCUT2D eigenvalue weighted by molar-refractivity contribution is -0.137. The van der Waals surface area contributed by atoms with Crippen molar-refractivity contribution in [3.63, 3.8) is 0 Å². The molecule has 0 saturated carbocycles. The number of carboxylic acids is 1. The van der Waals surface area contributed by atoms with Crippen LogP contribution in [0, 0.1) is 11.3 Å². The molecular formula is C24H30N4O4. The third-order valence-electron chi connectivity index (χ3n) is 5.72. The van der Waals surface area contributed by atoms with E-state index in [1.807, 2.05) is 18.2 Å². The Balaban J connectivity index is 1.99. The van der Waals surface area contributed by atoms with Gasteiger partial charge in [0.25, 0.3) is 0 Å². The quantitative estimate of drug-likeness (QED) is 0.575. The molecule has 1 aliphatic rings. The van der Waals surface area contributed by atoms with Gasteiger partial charge in [0, 0.05) is 45.0 Å². The summed E-state index contributed by atoms with van der Waals surface area (Å²) in [6, 6.07) is 11.9. The molecule has 0 radical (unpaired) electrons. The Morgan fingerprint density at radius 1 is 1.38 bits per heavy atom. The third kappa shape index (κ3) is 5.96. The molecule has 2 heterocycles. The van der Waals surface area contributed by atoms with E-state index in [9.17, 15) is 9.90 Å². The van der Waals surface area contributed by atoms with Gasteiger partial charge >= 0.3 is 5.97 Å². The predicted molar refractivity (Wildman–Crippen MR) is 122 cm³/mol. The number of nitrogens with one attached hydrogen (secondary N) is 1. The third-order valence-corrected chi connectivity index (χ3v) is 5.72. The van der Waals surface area contributed by atoms with Crippen molar-refractivity contribution in [3.05, 3.63) is 47.7 Å². The molecule has 1 atom stereocenters. The van der Waals surface area contributed by atoms with E-state index in [-0.39, 0.29) is 12.3 Å². The Kier molecular flexibility index (Phi) is 8.42. The molecular weight excluding hydrogens is 408 g/mol. The monoisotopic (exact) mass is 438 g/mol. The lowest BCUT2D eigenvalue weighted by Crippen LogP contribution is -2.39. The molecule has 0 bridgehead atoms. The molecule has 8 nitrogen and oxygen atoms in total. The molecule has 1 aromatic carbocycles. The van der Waals surface area contributed by atoms with Gasteiger partial charge in [0.05, 0.1) is 30.0 Å². The number of aromatic nitrogens is 1. The fourth-order valence-electron chi connectivity index (χ4n) is 4.14. The normalized spacial score (nSPS) is 15.0. The number of hydrogen-bond donors (Lipinski definition) is 2. The molecule has 1 aromatic heterocycles. The number of carbonyl (C=O) groups is 1. The smallest absolute Gasteiger partial charge is 0.304 e. The van der Waals surface area contributed by atoms with Crippen molar-refractivity contribution in [3.8, 4) is 6.07 Å². The molecule has 170 valence electrons. The molecule has 2 aromatic rings. The highest BCUT2D eigenvalue weighted by Crippen LogP contribution is 2.35. The second kappa shape index (κ2) is 11.5. The molecule has 0 spiro atoms. The summed E-state index contributed by atoms with van der Waals surface area (Å²) in [5, 5.41) is 21.8. The lowest BCUT2D eigenvalue weighted by Gasteiger charge is -2.36. The number of aliphatic carboxylic acids is 1. The summed E-state index contributed by atoms with van der Waals surface area (Å²) < 4.78 is 10.8. The zero-order valence-electron chi connectivity index (χ0n) is 18.6. The Morgan fingerprint density at radius 2 is 2.16 bits per heavy atom. The van der Waals surface area contributed by atoms with Crippen molar-refractivity contribution >= 4 is 23.2 Å². The minimum absolute atomic E-state index is 0.0147. The maximum absolute atomic E-state index is 11.4. The van der Waals surface area contributed by atoms with Gasteiger partial charge in [-0.05, 0) is 49.6 Å². The highest BCUT2D eigenvalue weighted by atomic mass is 16.5. The number of ether oxygens (including phenoxy) is 2. The number of carboxylic acid groups (broad SMARTS) is 1. The number of nitrogens with zero attached hydrogens (tertiary/aromatic N) is 3. The van der Waals surface area contributed by atoms with Crippen LogP contribution in [0.4, 0.5) is 17.2 Å². The predicted octanol–water partition coefficient (Wildman–Crippen LogP) is 3.91. The van der Waals surface area contributed by atoms with Crippen molar-refractivity contribution in [1.29, 1.82) is 5.26 Å². The maximum atomic E-state index is 11.4. The fourth-order valence-corrected chi connectivity index (χ4v) is 4.14. The van der Waals surface area contributed by atoms with Crippen molar-refractivity contribution in [2.45, 2.75) is 38.1 Å². The molecule has 1 unspecified atom stereocenters. The number of rotatable bonds is 10. The van der Waals surface area contributed by atoms with Gasteiger partial charge < -0.3 is 24.8 Å². The van der Waals surface area contributed by atoms with Crippen molar-refractivity contribution in [2.75, 3.05) is 43.7 Å². The lowest BCUT2D eigenvalue weighted by atomic mass is 9.95. The second-order valence-electron chi connectivity index (χ2n) is 7.83. The van der Waals surface area contributed by atoms with Crippen LogP contribution in [0.25, 0.3) is 0 Å². The summed E-state index contributed by atoms with van der Waals surface area (Å²) in [6.07, 6.45) is 3.42. The van der Waals surface area contributed by atoms with Gasteiger partial charge in [-0.15, -0.1) is 0 Å². The van der Waals surface area contributed by atoms with E-state index >= 15 is 0 Å². The minimum Gasteiger partial charge on any atom is -0.481 e. The van der Waals surface area contributed by atoms with Gasteiger partial charge in [-0.3, -0.25) is 4.79 Å². The number of pyridine rings is 1. The molecule has 0 amide bonds. The summed E-state index contributed by atoms with van der Waals surface area (Å²) >= 11 is 0. The first-order valence-electron chi connectivity index (χ1n) is 10.9. The Labute approximate surface area is 188 Å². The summed E-state index contributed by atoms with van der Waals surface area (Å²) in [5.41, 5.74) is 3.25. The molecule has 0 aliphatic carbocycles. The average molecular weight is 439 g/mol. The van der Waals surface area contributed by atoms with Gasteiger partial charge in [0.15, 0.2) is 0 Å². The molecule has 3 rings (SSSR count). The first-order valence-corrected chi connectivity index (χ1v) is 10.9. The number of nitriles is 1. The number of anilines is 3. The van der Waals surface area contributed by atoms with E-state index in [2.05, 4.69) is 28.2 Å². The average Bonchev–Trinajstić information content (AvgIpc) is 2.81. The summed E-state index contributed by atoms with van der Waals surface area (Å²) in [6.45, 7) is 4.76. The molecule has 8 heteroatoms. The summed E-state index contributed by atoms with van der Waals surface area (Å²) in [5.74, 6) is -0.511. The zero-order valence-corrected chi connectivity index (χ0v) is 18.6. The van der Waals surface area contributed by atoms with Crippen LogP contribution in [0.3, 0.4) is 0 Å². The Bertz CT molecular complexity index is 936. The minimum atomic E-state index is -0.864. The van der Waals surface area contributed by atoms with E-state index < -0.39 is 5.97 Å². The topological polar surface area (TPSA) is 108 Å². The van der Waals surface area contributed by atoms with Crippen LogP contribution in [0.15, 0.2) is 36.5 Å². The zero-order chi connectivity index (χ0) is 22.9. The van der Waals surface area contributed by atoms with Gasteiger partial charge in [0.1, 0.15) is 11.9 Å². The van der Waals surface area contributed by atoms with Crippen molar-refractivity contribution < 1.29 is 19.4 Å². The molecule has 1 saturated heterocycles. The largest absolute Gasteiger partial charge is 0.481 e. The second-order valence-corrected chi connectivity index (χ2v) is 7.83. The van der Waals surface area contributed by atoms with Crippen LogP contribution in [0.2, 0.25) is 0 Å². The van der Waals surface area contributed by atoms with Crippen LogP contribution in [-0.2, 0) is 14.3 Å². The summed E-state index contributed by atoms with van der Waals surface area (Å²) in [7, 11) is 1.58. The number of hydrogen-bond acceptors (Lipinski definition) is 7. The van der Waals surface area contributed by atoms with Crippen LogP contribution >= 0.6 is 0 Å². The highest BCUT2D eigenvalue weighted by Gasteiger charge is 2.24. The van der Waals surface area contributed by atoms with Crippen molar-refractivity contribution in [2.24, 2.45) is 0 Å². The standard InChI is InChI=1S/C24H30N4O4/c1-3-28(20-8-10-32-11-9-20)22-6-5-18(19(16-31-2)13-24(29)30)12-21(22)27-23-7-4-17(14-25)15-26-23/h4-7,12,15,19-20H,3,8-11,13,16H2,1-2H3,(H,26,27)(H,29,30). The van der Waals surface area contributed by atoms with E-state index in [0.717, 1.165) is 49.5 Å². The molecule has 2 N–H and O–H groups in total. The van der Waals surface area contributed by atoms with Gasteiger partial charge in [0.2, 0.25) is 0 Å². The number of benzene rings is 1. The van der Waals surface area contributed by atoms with Gasteiger partial charge in [-0.1, -0.05) is 6.07 Å². The SMILES string of the molecule is CCN(c1ccc(C(COC)CC(=O)O)cc1Nc1ccc(C#N)cn1)C1CCOCC1. The summed E-state index contributed by atoms with van der Waals surface area (Å²) in [4.78, 5) is 18.1. The Hall–Kier alpha value is -3.15. The highest BCUT2D eigenvalue weighted by molar-refractivity contribution is 5.76. The Morgan fingerprint density at radius 3 is 2.75 bits per heavy atom. The van der Waals surface area contributed by atoms with Crippen LogP contribution in [0.5, 0.6) is 0 Å². The van der Waals surface area contributed by atoms with Crippen molar-refractivity contribution in [1.82, 2.24) is 4.98 Å². The number of methoxy groups -OCH3 is 1. The van der Waals surface area contributed by atoms with Crippen LogP contribution in [-0.4, -0.2) is 55.6 Å². The van der Waals surface area contributed by atoms with Gasteiger partial charge in [-0.25, -0.2) is 4.98 Å². The molecule has 1 aliphatic heterocycles. The molecule has 32 heavy (non-hydrogen) atoms. The van der Waals surface area contributed by atoms with E-state index in [1.54, 1.807) is 19.2 Å².